The average Bonchev–Trinajstić information content (AvgIpc) is 3.36. The largest absolute Gasteiger partial charge is 0.475 e. The number of aromatic amines is 1. The van der Waals surface area contributed by atoms with Crippen molar-refractivity contribution < 1.29 is 14.3 Å². The van der Waals surface area contributed by atoms with Crippen molar-refractivity contribution in [3.8, 4) is 17.1 Å². The van der Waals surface area contributed by atoms with E-state index in [0.29, 0.717) is 24.5 Å². The number of rotatable bonds is 6. The van der Waals surface area contributed by atoms with Gasteiger partial charge in [-0.25, -0.2) is 4.98 Å². The molecule has 8 nitrogen and oxygen atoms in total. The summed E-state index contributed by atoms with van der Waals surface area (Å²) in [7, 11) is 1.57. The van der Waals surface area contributed by atoms with Crippen LogP contribution in [0.3, 0.4) is 0 Å². The minimum atomic E-state index is -0.829. The maximum absolute atomic E-state index is 12.8. The number of benzene rings is 1. The first kappa shape index (κ1) is 19.4. The third-order valence-electron chi connectivity index (χ3n) is 5.11. The first-order valence-electron chi connectivity index (χ1n) is 9.69. The molecular weight excluding hydrogens is 370 g/mol. The molecular formula is C21H25N5O3. The number of ether oxygens (including phenoxy) is 2. The molecule has 0 aliphatic carbocycles. The number of fused-ring (bicyclic) bond motifs is 1. The number of H-pyrrole nitrogens is 1. The maximum atomic E-state index is 12.8. The Balaban J connectivity index is 1.60. The van der Waals surface area contributed by atoms with Crippen molar-refractivity contribution in [1.82, 2.24) is 20.5 Å². The number of hydrogen-bond acceptors (Lipinski definition) is 6. The number of methoxy groups -OCH3 is 1. The monoisotopic (exact) mass is 395 g/mol. The summed E-state index contributed by atoms with van der Waals surface area (Å²) < 4.78 is 11.1. The molecule has 0 radical (unpaired) electrons. The quantitative estimate of drug-likeness (QED) is 0.593. The molecule has 1 amide bonds. The normalized spacial score (nSPS) is 19.0. The highest BCUT2D eigenvalue weighted by Crippen LogP contribution is 2.30. The predicted molar refractivity (Wildman–Crippen MR) is 111 cm³/mol. The van der Waals surface area contributed by atoms with Crippen LogP contribution in [-0.4, -0.2) is 53.0 Å². The topological polar surface area (TPSA) is 101 Å². The van der Waals surface area contributed by atoms with E-state index in [1.807, 2.05) is 44.2 Å². The van der Waals surface area contributed by atoms with Gasteiger partial charge in [0, 0.05) is 42.6 Å². The Labute approximate surface area is 169 Å². The van der Waals surface area contributed by atoms with Crippen LogP contribution in [0, 0.1) is 0 Å². The third-order valence-corrected chi connectivity index (χ3v) is 5.11. The summed E-state index contributed by atoms with van der Waals surface area (Å²) in [6.45, 7) is 5.19. The molecule has 0 saturated carbocycles. The van der Waals surface area contributed by atoms with E-state index in [1.54, 1.807) is 13.3 Å². The van der Waals surface area contributed by atoms with E-state index in [1.165, 1.54) is 0 Å². The second kappa shape index (κ2) is 7.81. The molecule has 1 fully saturated rings. The summed E-state index contributed by atoms with van der Waals surface area (Å²) in [5.74, 6) is 0.429. The van der Waals surface area contributed by atoms with Gasteiger partial charge < -0.3 is 20.1 Å². The van der Waals surface area contributed by atoms with Crippen molar-refractivity contribution in [2.24, 2.45) is 0 Å². The van der Waals surface area contributed by atoms with E-state index in [4.69, 9.17) is 9.47 Å². The highest BCUT2D eigenvalue weighted by molar-refractivity contribution is 6.01. The van der Waals surface area contributed by atoms with Gasteiger partial charge in [0.1, 0.15) is 5.69 Å². The molecule has 1 aliphatic heterocycles. The van der Waals surface area contributed by atoms with Gasteiger partial charge in [-0.15, -0.1) is 0 Å². The van der Waals surface area contributed by atoms with E-state index in [2.05, 4.69) is 25.8 Å². The van der Waals surface area contributed by atoms with E-state index < -0.39 is 5.60 Å². The molecule has 152 valence electrons. The summed E-state index contributed by atoms with van der Waals surface area (Å²) in [6.07, 6.45) is 2.45. The van der Waals surface area contributed by atoms with Gasteiger partial charge in [-0.3, -0.25) is 9.89 Å². The standard InChI is InChI=1S/C21H25N5O3/c1-13(2)29-18-7-4-14(11-23-18)19-16-10-15(5-6-17(16)25-26-19)24-20(27)21(28-3)8-9-22-12-21/h4-7,10-11,13,22H,8-9,12H2,1-3H3,(H,24,27)(H,25,26). The number of nitrogens with one attached hydrogen (secondary N) is 3. The van der Waals surface area contributed by atoms with Crippen LogP contribution in [0.5, 0.6) is 5.88 Å². The Morgan fingerprint density at radius 1 is 1.28 bits per heavy atom. The second-order valence-corrected chi connectivity index (χ2v) is 7.46. The smallest absolute Gasteiger partial charge is 0.257 e. The van der Waals surface area contributed by atoms with Crippen LogP contribution >= 0.6 is 0 Å². The van der Waals surface area contributed by atoms with Crippen LogP contribution < -0.4 is 15.4 Å². The average molecular weight is 395 g/mol. The zero-order chi connectivity index (χ0) is 20.4. The van der Waals surface area contributed by atoms with Crippen LogP contribution in [0.2, 0.25) is 0 Å². The van der Waals surface area contributed by atoms with E-state index in [9.17, 15) is 4.79 Å². The summed E-state index contributed by atoms with van der Waals surface area (Å²) in [4.78, 5) is 17.2. The van der Waals surface area contributed by atoms with Crippen LogP contribution in [0.15, 0.2) is 36.5 Å². The summed E-state index contributed by atoms with van der Waals surface area (Å²) in [6, 6.07) is 9.42. The molecule has 8 heteroatoms. The number of pyridine rings is 1. The van der Waals surface area contributed by atoms with Gasteiger partial charge in [0.25, 0.3) is 5.91 Å². The first-order chi connectivity index (χ1) is 14.0. The van der Waals surface area contributed by atoms with Crippen LogP contribution in [0.25, 0.3) is 22.2 Å². The van der Waals surface area contributed by atoms with Crippen molar-refractivity contribution in [3.63, 3.8) is 0 Å². The highest BCUT2D eigenvalue weighted by atomic mass is 16.5. The minimum Gasteiger partial charge on any atom is -0.475 e. The number of amides is 1. The molecule has 1 aliphatic rings. The molecule has 29 heavy (non-hydrogen) atoms. The summed E-state index contributed by atoms with van der Waals surface area (Å²) >= 11 is 0. The Bertz CT molecular complexity index is 1010. The molecule has 3 heterocycles. The maximum Gasteiger partial charge on any atom is 0.257 e. The molecule has 0 spiro atoms. The predicted octanol–water partition coefficient (Wildman–Crippen LogP) is 2.73. The van der Waals surface area contributed by atoms with E-state index in [0.717, 1.165) is 28.7 Å². The van der Waals surface area contributed by atoms with E-state index in [-0.39, 0.29) is 12.0 Å². The van der Waals surface area contributed by atoms with E-state index >= 15 is 0 Å². The highest BCUT2D eigenvalue weighted by Gasteiger charge is 2.41. The lowest BCUT2D eigenvalue weighted by Gasteiger charge is -2.25. The van der Waals surface area contributed by atoms with Crippen molar-refractivity contribution >= 4 is 22.5 Å². The number of carbonyl (C=O) groups is 1. The number of hydrogen-bond donors (Lipinski definition) is 3. The SMILES string of the molecule is COC1(C(=O)Nc2ccc3[nH]nc(-c4ccc(OC(C)C)nc4)c3c2)CCNC1. The lowest BCUT2D eigenvalue weighted by Crippen LogP contribution is -2.46. The van der Waals surface area contributed by atoms with Gasteiger partial charge in [0.2, 0.25) is 5.88 Å². The Morgan fingerprint density at radius 2 is 2.14 bits per heavy atom. The molecule has 1 unspecified atom stereocenters. The van der Waals surface area contributed by atoms with Gasteiger partial charge in [-0.1, -0.05) is 0 Å². The van der Waals surface area contributed by atoms with Crippen molar-refractivity contribution in [1.29, 1.82) is 0 Å². The summed E-state index contributed by atoms with van der Waals surface area (Å²) in [5, 5.41) is 14.5. The third kappa shape index (κ3) is 3.81. The first-order valence-corrected chi connectivity index (χ1v) is 9.69. The molecule has 3 aromatic rings. The number of aromatic nitrogens is 3. The zero-order valence-corrected chi connectivity index (χ0v) is 16.8. The van der Waals surface area contributed by atoms with Crippen LogP contribution in [-0.2, 0) is 9.53 Å². The number of nitrogens with zero attached hydrogens (tertiary/aromatic N) is 2. The van der Waals surface area contributed by atoms with Gasteiger partial charge in [-0.2, -0.15) is 5.10 Å². The van der Waals surface area contributed by atoms with Gasteiger partial charge in [-0.05, 0) is 51.1 Å². The molecule has 2 aromatic heterocycles. The minimum absolute atomic E-state index is 0.0659. The zero-order valence-electron chi connectivity index (χ0n) is 16.8. The van der Waals surface area contributed by atoms with Crippen molar-refractivity contribution in [2.75, 3.05) is 25.5 Å². The van der Waals surface area contributed by atoms with Gasteiger partial charge in [0.05, 0.1) is 11.6 Å². The number of anilines is 1. The Kier molecular flexibility index (Phi) is 5.21. The van der Waals surface area contributed by atoms with Gasteiger partial charge >= 0.3 is 0 Å². The lowest BCUT2D eigenvalue weighted by atomic mass is 10.0. The number of carbonyl (C=O) groups excluding carboxylic acids is 1. The molecule has 1 atom stereocenters. The molecule has 0 bridgehead atoms. The Morgan fingerprint density at radius 3 is 2.79 bits per heavy atom. The second-order valence-electron chi connectivity index (χ2n) is 7.46. The fourth-order valence-electron chi connectivity index (χ4n) is 3.52. The Hall–Kier alpha value is -2.97. The molecule has 4 rings (SSSR count). The fourth-order valence-corrected chi connectivity index (χ4v) is 3.52. The molecule has 1 saturated heterocycles. The fraction of sp³-hybridized carbons (Fsp3) is 0.381. The van der Waals surface area contributed by atoms with Gasteiger partial charge in [0.15, 0.2) is 5.60 Å². The van der Waals surface area contributed by atoms with Crippen LogP contribution in [0.4, 0.5) is 5.69 Å². The summed E-state index contributed by atoms with van der Waals surface area (Å²) in [5.41, 5.74) is 2.38. The van der Waals surface area contributed by atoms with Crippen molar-refractivity contribution in [2.45, 2.75) is 32.0 Å². The van der Waals surface area contributed by atoms with Crippen molar-refractivity contribution in [3.05, 3.63) is 36.5 Å². The molecule has 3 N–H and O–H groups in total. The van der Waals surface area contributed by atoms with Crippen LogP contribution in [0.1, 0.15) is 20.3 Å². The molecule has 1 aromatic carbocycles. The lowest BCUT2D eigenvalue weighted by molar-refractivity contribution is -0.135.